The molecule has 2 heterocycles. The number of hydrogen-bond donors (Lipinski definition) is 7. The topological polar surface area (TPSA) is 313 Å². The number of ether oxygens (including phenoxy) is 2. The Kier molecular flexibility index (Phi) is 16.4. The minimum Gasteiger partial charge on any atom is -0.480 e. The molecule has 0 bridgehead atoms. The number of aliphatic carboxylic acids is 1. The second-order valence-corrected chi connectivity index (χ2v) is 12.6. The lowest BCUT2D eigenvalue weighted by molar-refractivity contribution is -0.160. The van der Waals surface area contributed by atoms with Crippen molar-refractivity contribution in [3.05, 3.63) is 52.1 Å². The summed E-state index contributed by atoms with van der Waals surface area (Å²) in [6.07, 6.45) is -0.0197. The van der Waals surface area contributed by atoms with Gasteiger partial charge in [-0.3, -0.25) is 38.0 Å². The van der Waals surface area contributed by atoms with Crippen LogP contribution in [0, 0.1) is 0 Å². The quantitative estimate of drug-likeness (QED) is 0.0391. The lowest BCUT2D eigenvalue weighted by Crippen LogP contribution is -2.41. The molecule has 1 amide bonds. The number of carbonyl (C=O) groups is 5. The van der Waals surface area contributed by atoms with Crippen LogP contribution in [0.3, 0.4) is 0 Å². The van der Waals surface area contributed by atoms with E-state index in [0.717, 1.165) is 0 Å². The molecular formula is C31H41N8O13P. The van der Waals surface area contributed by atoms with E-state index in [0.29, 0.717) is 11.4 Å². The van der Waals surface area contributed by atoms with Gasteiger partial charge >= 0.3 is 25.7 Å². The van der Waals surface area contributed by atoms with Gasteiger partial charge in [0.05, 0.1) is 38.2 Å². The Balaban J connectivity index is 1.37. The van der Waals surface area contributed by atoms with Crippen molar-refractivity contribution in [1.82, 2.24) is 30.6 Å². The van der Waals surface area contributed by atoms with Crippen molar-refractivity contribution >= 4 is 60.2 Å². The van der Waals surface area contributed by atoms with Crippen LogP contribution in [0.1, 0.15) is 55.6 Å². The molecule has 1 aromatic carbocycles. The number of phosphoric acid groups is 1. The molecule has 0 spiro atoms. The fourth-order valence-electron chi connectivity index (χ4n) is 4.23. The first kappa shape index (κ1) is 42.1. The van der Waals surface area contributed by atoms with Crippen LogP contribution in [0.4, 0.5) is 11.6 Å². The predicted octanol–water partition coefficient (Wildman–Crippen LogP) is 0.438. The molecule has 0 fully saturated rings. The van der Waals surface area contributed by atoms with Crippen molar-refractivity contribution in [3.63, 3.8) is 0 Å². The zero-order valence-electron chi connectivity index (χ0n) is 28.9. The molecule has 8 N–H and O–H groups in total. The zero-order chi connectivity index (χ0) is 39.0. The molecule has 0 aliphatic carbocycles. The molecule has 22 heteroatoms. The average molecular weight is 765 g/mol. The van der Waals surface area contributed by atoms with Crippen molar-refractivity contribution in [2.75, 3.05) is 44.0 Å². The Bertz CT molecular complexity index is 1860. The Morgan fingerprint density at radius 2 is 1.74 bits per heavy atom. The first-order valence-corrected chi connectivity index (χ1v) is 17.8. The van der Waals surface area contributed by atoms with Crippen LogP contribution in [0.15, 0.2) is 35.3 Å². The highest BCUT2D eigenvalue weighted by molar-refractivity contribution is 7.47. The lowest BCUT2D eigenvalue weighted by Gasteiger charge is -2.19. The highest BCUT2D eigenvalue weighted by atomic mass is 31.2. The van der Waals surface area contributed by atoms with Gasteiger partial charge in [-0.05, 0) is 30.7 Å². The summed E-state index contributed by atoms with van der Waals surface area (Å²) < 4.78 is 31.8. The number of H-pyrrole nitrogens is 1. The smallest absolute Gasteiger partial charge is 0.472 e. The summed E-state index contributed by atoms with van der Waals surface area (Å²) in [5, 5.41) is 17.8. The van der Waals surface area contributed by atoms with Crippen LogP contribution in [0.5, 0.6) is 0 Å². The van der Waals surface area contributed by atoms with Crippen molar-refractivity contribution in [2.45, 2.75) is 58.2 Å². The average Bonchev–Trinajstić information content (AvgIpc) is 3.13. The number of nitrogens with two attached hydrogens (primary N) is 1. The zero-order valence-corrected chi connectivity index (χ0v) is 29.8. The summed E-state index contributed by atoms with van der Waals surface area (Å²) in [6.45, 7) is 1.67. The number of carboxylic acids is 1. The Morgan fingerprint density at radius 1 is 1.02 bits per heavy atom. The van der Waals surface area contributed by atoms with E-state index in [9.17, 15) is 43.3 Å². The van der Waals surface area contributed by atoms with Gasteiger partial charge in [-0.2, -0.15) is 4.98 Å². The van der Waals surface area contributed by atoms with Gasteiger partial charge in [-0.25, -0.2) is 19.3 Å². The second-order valence-electron chi connectivity index (χ2n) is 11.1. The number of benzene rings is 1. The maximum Gasteiger partial charge on any atom is 0.472 e. The van der Waals surface area contributed by atoms with Gasteiger partial charge in [0, 0.05) is 37.1 Å². The monoisotopic (exact) mass is 764 g/mol. The molecule has 3 aromatic rings. The predicted molar refractivity (Wildman–Crippen MR) is 185 cm³/mol. The number of ketones is 1. The van der Waals surface area contributed by atoms with Gasteiger partial charge < -0.3 is 41.2 Å². The molecule has 2 aromatic heterocycles. The van der Waals surface area contributed by atoms with E-state index in [1.54, 1.807) is 19.1 Å². The van der Waals surface area contributed by atoms with Gasteiger partial charge in [0.2, 0.25) is 5.95 Å². The molecule has 3 rings (SSSR count). The molecular weight excluding hydrogens is 723 g/mol. The maximum atomic E-state index is 12.8. The fraction of sp³-hybridized carbons (Fsp3) is 0.452. The Hall–Kier alpha value is -5.34. The number of nitrogen functional groups attached to an aromatic ring is 1. The minimum absolute atomic E-state index is 0.0175. The number of rotatable bonds is 23. The Labute approximate surface area is 302 Å². The molecule has 0 saturated heterocycles. The number of nitrogens with zero attached hydrogens (tertiary/aromatic N) is 3. The molecule has 0 radical (unpaired) electrons. The van der Waals surface area contributed by atoms with Gasteiger partial charge in [-0.1, -0.05) is 13.8 Å². The number of anilines is 2. The summed E-state index contributed by atoms with van der Waals surface area (Å²) in [4.78, 5) is 96.5. The molecule has 3 atom stereocenters. The molecule has 288 valence electrons. The molecule has 2 unspecified atom stereocenters. The maximum absolute atomic E-state index is 12.8. The number of fused-ring (bicyclic) bond motifs is 1. The van der Waals surface area contributed by atoms with Gasteiger partial charge in [0.1, 0.15) is 18.4 Å². The van der Waals surface area contributed by atoms with Crippen LogP contribution in [-0.2, 0) is 48.8 Å². The largest absolute Gasteiger partial charge is 0.480 e. The summed E-state index contributed by atoms with van der Waals surface area (Å²) in [6, 6.07) is 4.75. The summed E-state index contributed by atoms with van der Waals surface area (Å²) in [5.41, 5.74) is 6.31. The number of Topliss-reactive ketones (excluding diaryl/α,β-unsaturated/α-hetero) is 1. The number of carbonyl (C=O) groups excluding carboxylic acids is 4. The van der Waals surface area contributed by atoms with E-state index in [1.165, 1.54) is 25.3 Å². The third kappa shape index (κ3) is 14.7. The number of aromatic nitrogens is 4. The highest BCUT2D eigenvalue weighted by Gasteiger charge is 2.26. The molecule has 0 aliphatic heterocycles. The van der Waals surface area contributed by atoms with E-state index < -0.39 is 61.7 Å². The number of esters is 2. The molecule has 0 aliphatic rings. The number of aromatic amines is 1. The summed E-state index contributed by atoms with van der Waals surface area (Å²) in [5.74, 6) is -3.69. The van der Waals surface area contributed by atoms with E-state index >= 15 is 0 Å². The van der Waals surface area contributed by atoms with Crippen molar-refractivity contribution in [2.24, 2.45) is 0 Å². The Morgan fingerprint density at radius 3 is 2.42 bits per heavy atom. The third-order valence-electron chi connectivity index (χ3n) is 7.01. The lowest BCUT2D eigenvalue weighted by atomic mass is 10.1. The van der Waals surface area contributed by atoms with Crippen molar-refractivity contribution in [3.8, 4) is 0 Å². The fourth-order valence-corrected chi connectivity index (χ4v) is 4.98. The number of amides is 1. The summed E-state index contributed by atoms with van der Waals surface area (Å²) >= 11 is 0. The van der Waals surface area contributed by atoms with Gasteiger partial charge in [0.25, 0.3) is 11.5 Å². The first-order chi connectivity index (χ1) is 25.2. The number of carboxylic acid groups (broad SMARTS) is 1. The van der Waals surface area contributed by atoms with E-state index in [4.69, 9.17) is 24.3 Å². The van der Waals surface area contributed by atoms with Crippen LogP contribution in [-0.4, -0.2) is 105 Å². The number of nitrogens with one attached hydrogen (secondary N) is 4. The number of hydrogen-bond acceptors (Lipinski definition) is 17. The van der Waals surface area contributed by atoms with Crippen molar-refractivity contribution < 1.29 is 57.1 Å². The van der Waals surface area contributed by atoms with Crippen LogP contribution in [0.25, 0.3) is 11.2 Å². The molecule has 21 nitrogen and oxygen atoms in total. The SMILES string of the molecule is CCC(=O)OC[C@@H](COP(=O)(O)OCCNCC(=O)CCC(NC(=O)c1ccc(NCc2cnc3nc(N)[nH]c(=O)c3n2)cc1)C(=O)O)OC(=O)CC. The van der Waals surface area contributed by atoms with E-state index in [-0.39, 0.29) is 81.2 Å². The first-order valence-electron chi connectivity index (χ1n) is 16.3. The van der Waals surface area contributed by atoms with Gasteiger partial charge in [-0.15, -0.1) is 0 Å². The normalized spacial score (nSPS) is 13.3. The minimum atomic E-state index is -4.61. The highest BCUT2D eigenvalue weighted by Crippen LogP contribution is 2.43. The second kappa shape index (κ2) is 20.6. The standard InChI is InChI=1S/C31H41N8O13P/c1-3-24(41)49-16-22(52-25(42)4-2)17-51-53(47,48)50-12-11-33-15-21(40)9-10-23(30(45)46)37-28(43)18-5-7-19(8-6-18)34-13-20-14-35-27-26(36-20)29(44)39-31(32)38-27/h5-8,14,22-23,33-34H,3-4,9-13,15-17H2,1-2H3,(H,37,43)(H,45,46)(H,47,48)(H3,32,35,38,39,44)/t22-,23?/m0/s1. The van der Waals surface area contributed by atoms with Crippen LogP contribution in [0.2, 0.25) is 0 Å². The molecule has 53 heavy (non-hydrogen) atoms. The van der Waals surface area contributed by atoms with Gasteiger partial charge in [0.15, 0.2) is 17.3 Å². The van der Waals surface area contributed by atoms with E-state index in [2.05, 4.69) is 35.9 Å². The van der Waals surface area contributed by atoms with Crippen LogP contribution >= 0.6 is 7.82 Å². The number of phosphoric ester groups is 1. The summed E-state index contributed by atoms with van der Waals surface area (Å²) in [7, 11) is -4.61. The van der Waals surface area contributed by atoms with E-state index in [1.807, 2.05) is 0 Å². The molecule has 0 saturated carbocycles. The third-order valence-corrected chi connectivity index (χ3v) is 7.99. The van der Waals surface area contributed by atoms with Crippen molar-refractivity contribution in [1.29, 1.82) is 0 Å². The van der Waals surface area contributed by atoms with Crippen LogP contribution < -0.4 is 27.2 Å².